The van der Waals surface area contributed by atoms with Gasteiger partial charge in [-0.15, -0.1) is 0 Å². The number of nitrogens with zero attached hydrogens (tertiary/aromatic N) is 1. The molecule has 1 unspecified atom stereocenters. The predicted octanol–water partition coefficient (Wildman–Crippen LogP) is 2.85. The topological polar surface area (TPSA) is 80.0 Å². The number of hydrogen-bond donors (Lipinski definition) is 3. The van der Waals surface area contributed by atoms with E-state index in [4.69, 9.17) is 5.73 Å². The Morgan fingerprint density at radius 2 is 2.20 bits per heavy atom. The summed E-state index contributed by atoms with van der Waals surface area (Å²) in [6, 6.07) is 0.482. The maximum absolute atomic E-state index is 12.2. The zero-order chi connectivity index (χ0) is 14.7. The molecule has 5 nitrogen and oxygen atoms in total. The second-order valence-electron chi connectivity index (χ2n) is 5.83. The molecule has 1 aliphatic rings. The molecule has 20 heavy (non-hydrogen) atoms. The lowest BCUT2D eigenvalue weighted by Crippen LogP contribution is -2.31. The summed E-state index contributed by atoms with van der Waals surface area (Å²) >= 11 is 1.28. The van der Waals surface area contributed by atoms with Crippen molar-refractivity contribution in [1.29, 1.82) is 0 Å². The van der Waals surface area contributed by atoms with Crippen LogP contribution in [0, 0.1) is 5.92 Å². The number of amides is 1. The molecule has 0 saturated heterocycles. The van der Waals surface area contributed by atoms with E-state index in [1.165, 1.54) is 30.8 Å². The minimum atomic E-state index is -0.143. The highest BCUT2D eigenvalue weighted by Gasteiger charge is 2.27. The van der Waals surface area contributed by atoms with E-state index < -0.39 is 0 Å². The number of rotatable bonds is 7. The largest absolute Gasteiger partial charge is 0.382 e. The van der Waals surface area contributed by atoms with Crippen LogP contribution in [-0.4, -0.2) is 22.4 Å². The van der Waals surface area contributed by atoms with Crippen molar-refractivity contribution in [3.8, 4) is 0 Å². The third kappa shape index (κ3) is 3.85. The van der Waals surface area contributed by atoms with Crippen molar-refractivity contribution in [3.63, 3.8) is 0 Å². The normalized spacial score (nSPS) is 16.2. The maximum Gasteiger partial charge on any atom is 0.258 e. The first-order valence-corrected chi connectivity index (χ1v) is 8.11. The fraction of sp³-hybridized carbons (Fsp3) is 0.714. The quantitative estimate of drug-likeness (QED) is 0.723. The lowest BCUT2D eigenvalue weighted by atomic mass is 10.1. The molecule has 6 heteroatoms. The summed E-state index contributed by atoms with van der Waals surface area (Å²) in [6.07, 6.45) is 4.88. The molecule has 1 saturated carbocycles. The second kappa shape index (κ2) is 6.43. The van der Waals surface area contributed by atoms with Gasteiger partial charge in [-0.2, -0.15) is 4.37 Å². The summed E-state index contributed by atoms with van der Waals surface area (Å²) in [5.41, 5.74) is 6.35. The molecule has 4 N–H and O–H groups in total. The predicted molar refractivity (Wildman–Crippen MR) is 84.2 cm³/mol. The molecule has 1 atom stereocenters. The maximum atomic E-state index is 12.2. The van der Waals surface area contributed by atoms with Gasteiger partial charge in [0.1, 0.15) is 10.6 Å². The number of hydrogen-bond acceptors (Lipinski definition) is 5. The van der Waals surface area contributed by atoms with Gasteiger partial charge in [0.15, 0.2) is 5.82 Å². The highest BCUT2D eigenvalue weighted by Crippen LogP contribution is 2.36. The molecule has 1 aromatic rings. The molecular weight excluding hydrogens is 272 g/mol. The van der Waals surface area contributed by atoms with Crippen molar-refractivity contribution in [2.45, 2.75) is 58.5 Å². The molecule has 0 aliphatic heterocycles. The zero-order valence-corrected chi connectivity index (χ0v) is 13.2. The van der Waals surface area contributed by atoms with Crippen LogP contribution in [0.1, 0.15) is 56.8 Å². The van der Waals surface area contributed by atoms with E-state index in [9.17, 15) is 4.79 Å². The molecule has 0 aromatic carbocycles. The minimum Gasteiger partial charge on any atom is -0.382 e. The highest BCUT2D eigenvalue weighted by atomic mass is 32.1. The summed E-state index contributed by atoms with van der Waals surface area (Å²) in [7, 11) is 0. The van der Waals surface area contributed by atoms with Gasteiger partial charge in [-0.1, -0.05) is 19.8 Å². The van der Waals surface area contributed by atoms with Gasteiger partial charge < -0.3 is 16.4 Å². The summed E-state index contributed by atoms with van der Waals surface area (Å²) in [5.74, 6) is 1.03. The standard InChI is InChI=1S/C14H24N4OS/c1-4-10(7-9-5-6-9)17-14-11(12(15)18-20-14)13(19)16-8(2)3/h8-10,17H,4-7H2,1-3H3,(H2,15,18)(H,16,19). The van der Waals surface area contributed by atoms with Crippen LogP contribution in [0.5, 0.6) is 0 Å². The Hall–Kier alpha value is -1.30. The number of carbonyl (C=O) groups excluding carboxylic acids is 1. The Morgan fingerprint density at radius 1 is 1.50 bits per heavy atom. The van der Waals surface area contributed by atoms with Crippen LogP contribution in [-0.2, 0) is 0 Å². The van der Waals surface area contributed by atoms with Gasteiger partial charge >= 0.3 is 0 Å². The van der Waals surface area contributed by atoms with Crippen molar-refractivity contribution < 1.29 is 4.79 Å². The van der Waals surface area contributed by atoms with Gasteiger partial charge in [-0.25, -0.2) is 0 Å². The molecule has 1 fully saturated rings. The van der Waals surface area contributed by atoms with Crippen LogP contribution < -0.4 is 16.4 Å². The van der Waals surface area contributed by atoms with Crippen LogP contribution in [0.25, 0.3) is 0 Å². The molecule has 112 valence electrons. The average Bonchev–Trinajstić information content (AvgIpc) is 3.10. The fourth-order valence-corrected chi connectivity index (χ4v) is 3.01. The van der Waals surface area contributed by atoms with Gasteiger partial charge in [-0.3, -0.25) is 4.79 Å². The third-order valence-corrected chi connectivity index (χ3v) is 4.30. The molecule has 1 heterocycles. The van der Waals surface area contributed by atoms with Gasteiger partial charge in [0, 0.05) is 12.1 Å². The number of nitrogens with two attached hydrogens (primary N) is 1. The van der Waals surface area contributed by atoms with Crippen LogP contribution in [0.3, 0.4) is 0 Å². The Morgan fingerprint density at radius 3 is 2.75 bits per heavy atom. The smallest absolute Gasteiger partial charge is 0.258 e. The molecular formula is C14H24N4OS. The Labute approximate surface area is 124 Å². The van der Waals surface area contributed by atoms with Crippen LogP contribution in [0.15, 0.2) is 0 Å². The average molecular weight is 296 g/mol. The van der Waals surface area contributed by atoms with E-state index in [0.717, 1.165) is 17.3 Å². The van der Waals surface area contributed by atoms with Gasteiger partial charge in [-0.05, 0) is 44.1 Å². The van der Waals surface area contributed by atoms with Crippen molar-refractivity contribution in [1.82, 2.24) is 9.69 Å². The molecule has 0 spiro atoms. The zero-order valence-electron chi connectivity index (χ0n) is 12.4. The van der Waals surface area contributed by atoms with Crippen molar-refractivity contribution in [2.75, 3.05) is 11.1 Å². The monoisotopic (exact) mass is 296 g/mol. The van der Waals surface area contributed by atoms with Crippen LogP contribution in [0.2, 0.25) is 0 Å². The summed E-state index contributed by atoms with van der Waals surface area (Å²) in [6.45, 7) is 6.03. The Kier molecular flexibility index (Phi) is 4.86. The van der Waals surface area contributed by atoms with Crippen LogP contribution >= 0.6 is 11.5 Å². The van der Waals surface area contributed by atoms with Gasteiger partial charge in [0.25, 0.3) is 5.91 Å². The first-order chi connectivity index (χ1) is 9.51. The van der Waals surface area contributed by atoms with Gasteiger partial charge in [0.2, 0.25) is 0 Å². The van der Waals surface area contributed by atoms with Crippen LogP contribution in [0.4, 0.5) is 10.8 Å². The van der Waals surface area contributed by atoms with Gasteiger partial charge in [0.05, 0.1) is 0 Å². The summed E-state index contributed by atoms with van der Waals surface area (Å²) in [5, 5.41) is 7.14. The van der Waals surface area contributed by atoms with Crippen molar-refractivity contribution in [2.24, 2.45) is 5.92 Å². The van der Waals surface area contributed by atoms with E-state index in [1.54, 1.807) is 0 Å². The second-order valence-corrected chi connectivity index (χ2v) is 6.60. The minimum absolute atomic E-state index is 0.0862. The molecule has 1 aliphatic carbocycles. The SMILES string of the molecule is CCC(CC1CC1)Nc1snc(N)c1C(=O)NC(C)C. The lowest BCUT2D eigenvalue weighted by molar-refractivity contribution is 0.0945. The van der Waals surface area contributed by atoms with E-state index in [-0.39, 0.29) is 11.9 Å². The molecule has 2 rings (SSSR count). The first kappa shape index (κ1) is 15.1. The first-order valence-electron chi connectivity index (χ1n) is 7.33. The van der Waals surface area contributed by atoms with E-state index >= 15 is 0 Å². The van der Waals surface area contributed by atoms with E-state index in [1.807, 2.05) is 13.8 Å². The summed E-state index contributed by atoms with van der Waals surface area (Å²) < 4.78 is 4.12. The number of aromatic nitrogens is 1. The number of anilines is 2. The fourth-order valence-electron chi connectivity index (χ4n) is 2.22. The van der Waals surface area contributed by atoms with E-state index in [0.29, 0.717) is 17.4 Å². The molecule has 1 amide bonds. The Bertz CT molecular complexity index is 468. The summed E-state index contributed by atoms with van der Waals surface area (Å²) in [4.78, 5) is 12.2. The van der Waals surface area contributed by atoms with E-state index in [2.05, 4.69) is 21.9 Å². The lowest BCUT2D eigenvalue weighted by Gasteiger charge is -2.18. The number of carbonyl (C=O) groups is 1. The third-order valence-electron chi connectivity index (χ3n) is 3.51. The molecule has 1 aromatic heterocycles. The Balaban J connectivity index is 2.08. The number of nitrogens with one attached hydrogen (secondary N) is 2. The highest BCUT2D eigenvalue weighted by molar-refractivity contribution is 7.11. The van der Waals surface area contributed by atoms with Crippen molar-refractivity contribution in [3.05, 3.63) is 5.56 Å². The molecule has 0 bridgehead atoms. The molecule has 0 radical (unpaired) electrons. The van der Waals surface area contributed by atoms with Crippen molar-refractivity contribution >= 4 is 28.3 Å². The number of nitrogen functional groups attached to an aromatic ring is 1.